The summed E-state index contributed by atoms with van der Waals surface area (Å²) in [6.45, 7) is 0.557. The van der Waals surface area contributed by atoms with E-state index in [1.165, 1.54) is 11.8 Å². The molecule has 0 aromatic heterocycles. The molecule has 1 aliphatic heterocycles. The molecule has 0 radical (unpaired) electrons. The van der Waals surface area contributed by atoms with Gasteiger partial charge in [0.25, 0.3) is 5.91 Å². The minimum Gasteiger partial charge on any atom is -0.325 e. The molecule has 2 aromatic carbocycles. The third-order valence-electron chi connectivity index (χ3n) is 4.46. The highest BCUT2D eigenvalue weighted by Crippen LogP contribution is 2.32. The molecule has 1 aliphatic rings. The lowest BCUT2D eigenvalue weighted by atomic mass is 10.1. The minimum atomic E-state index is -0.101. The van der Waals surface area contributed by atoms with Crippen molar-refractivity contribution in [1.29, 1.82) is 0 Å². The fourth-order valence-corrected chi connectivity index (χ4v) is 4.69. The Morgan fingerprint density at radius 3 is 2.60 bits per heavy atom. The van der Waals surface area contributed by atoms with Gasteiger partial charge >= 0.3 is 0 Å². The molecule has 8 heteroatoms. The second kappa shape index (κ2) is 11.0. The van der Waals surface area contributed by atoms with Gasteiger partial charge in [0.15, 0.2) is 0 Å². The first-order valence-corrected chi connectivity index (χ1v) is 11.5. The molecular formula is C22H20Cl2N2O2S2. The Morgan fingerprint density at radius 2 is 1.87 bits per heavy atom. The van der Waals surface area contributed by atoms with E-state index in [9.17, 15) is 9.59 Å². The number of benzene rings is 2. The van der Waals surface area contributed by atoms with E-state index in [2.05, 4.69) is 5.32 Å². The summed E-state index contributed by atoms with van der Waals surface area (Å²) in [6.07, 6.45) is 4.55. The zero-order chi connectivity index (χ0) is 21.5. The van der Waals surface area contributed by atoms with Crippen LogP contribution < -0.4 is 5.32 Å². The van der Waals surface area contributed by atoms with Gasteiger partial charge in [-0.15, -0.1) is 0 Å². The summed E-state index contributed by atoms with van der Waals surface area (Å²) in [5, 5.41) is 3.72. The van der Waals surface area contributed by atoms with E-state index in [1.54, 1.807) is 23.1 Å². The standard InChI is InChI=1S/C22H20Cl2N2O2S2/c23-16-10-11-18(17(24)14-16)25-20(27)9-5-2-6-12-26-21(28)19(30-22(26)29)13-15-7-3-1-4-8-15/h1,3-4,7-8,10-11,13-14H,2,5-6,9,12H2,(H,25,27). The summed E-state index contributed by atoms with van der Waals surface area (Å²) in [7, 11) is 0. The van der Waals surface area contributed by atoms with Gasteiger partial charge in [0, 0.05) is 18.0 Å². The van der Waals surface area contributed by atoms with E-state index in [0.717, 1.165) is 18.4 Å². The summed E-state index contributed by atoms with van der Waals surface area (Å²) >= 11 is 18.6. The van der Waals surface area contributed by atoms with Crippen LogP contribution in [0, 0.1) is 0 Å². The van der Waals surface area contributed by atoms with Crippen molar-refractivity contribution in [1.82, 2.24) is 4.90 Å². The van der Waals surface area contributed by atoms with Crippen molar-refractivity contribution in [2.45, 2.75) is 25.7 Å². The maximum atomic E-state index is 12.6. The Morgan fingerprint density at radius 1 is 1.10 bits per heavy atom. The monoisotopic (exact) mass is 478 g/mol. The van der Waals surface area contributed by atoms with Crippen molar-refractivity contribution < 1.29 is 9.59 Å². The summed E-state index contributed by atoms with van der Waals surface area (Å²) < 4.78 is 0.581. The lowest BCUT2D eigenvalue weighted by Crippen LogP contribution is -2.29. The highest BCUT2D eigenvalue weighted by Gasteiger charge is 2.31. The number of carbonyl (C=O) groups is 2. The summed E-state index contributed by atoms with van der Waals surface area (Å²) in [5.41, 5.74) is 1.53. The molecule has 1 fully saturated rings. The minimum absolute atomic E-state index is 0.0519. The molecule has 1 saturated heterocycles. The van der Waals surface area contributed by atoms with E-state index in [1.807, 2.05) is 36.4 Å². The van der Waals surface area contributed by atoms with Gasteiger partial charge in [0.05, 0.1) is 15.6 Å². The molecule has 0 unspecified atom stereocenters. The number of nitrogens with one attached hydrogen (secondary N) is 1. The SMILES string of the molecule is O=C(CCCCCN1C(=O)C(=Cc2ccccc2)SC1=S)Nc1ccc(Cl)cc1Cl. The van der Waals surface area contributed by atoms with Crippen LogP contribution in [0.15, 0.2) is 53.4 Å². The summed E-state index contributed by atoms with van der Waals surface area (Å²) in [4.78, 5) is 27.0. The summed E-state index contributed by atoms with van der Waals surface area (Å²) in [6, 6.07) is 14.7. The molecule has 1 heterocycles. The number of rotatable bonds is 8. The van der Waals surface area contributed by atoms with E-state index in [4.69, 9.17) is 35.4 Å². The van der Waals surface area contributed by atoms with Gasteiger partial charge in [-0.2, -0.15) is 0 Å². The number of anilines is 1. The van der Waals surface area contributed by atoms with Crippen LogP contribution in [0.25, 0.3) is 6.08 Å². The lowest BCUT2D eigenvalue weighted by molar-refractivity contribution is -0.122. The second-order valence-electron chi connectivity index (χ2n) is 6.73. The number of hydrogen-bond acceptors (Lipinski definition) is 4. The van der Waals surface area contributed by atoms with Crippen LogP contribution in [0.2, 0.25) is 10.0 Å². The van der Waals surface area contributed by atoms with Crippen molar-refractivity contribution in [3.05, 3.63) is 69.0 Å². The van der Waals surface area contributed by atoms with Gasteiger partial charge in [0.1, 0.15) is 4.32 Å². The van der Waals surface area contributed by atoms with Gasteiger partial charge in [-0.25, -0.2) is 0 Å². The van der Waals surface area contributed by atoms with Crippen molar-refractivity contribution >= 4 is 75.1 Å². The smallest absolute Gasteiger partial charge is 0.266 e. The Labute approximate surface area is 195 Å². The molecule has 2 amide bonds. The first-order chi connectivity index (χ1) is 14.4. The predicted molar refractivity (Wildman–Crippen MR) is 130 cm³/mol. The molecule has 0 saturated carbocycles. The highest BCUT2D eigenvalue weighted by atomic mass is 35.5. The quantitative estimate of drug-likeness (QED) is 0.271. The number of halogens is 2. The maximum absolute atomic E-state index is 12.6. The molecule has 3 rings (SSSR count). The Balaban J connectivity index is 1.41. The van der Waals surface area contributed by atoms with Gasteiger partial charge in [-0.1, -0.05) is 83.9 Å². The molecule has 2 aromatic rings. The molecule has 0 aliphatic carbocycles. The molecular weight excluding hydrogens is 459 g/mol. The van der Waals surface area contributed by atoms with Gasteiger partial charge < -0.3 is 5.32 Å². The third-order valence-corrected chi connectivity index (χ3v) is 6.39. The van der Waals surface area contributed by atoms with E-state index in [0.29, 0.717) is 44.3 Å². The molecule has 4 nitrogen and oxygen atoms in total. The van der Waals surface area contributed by atoms with Crippen molar-refractivity contribution in [2.75, 3.05) is 11.9 Å². The van der Waals surface area contributed by atoms with Gasteiger partial charge in [-0.3, -0.25) is 14.5 Å². The van der Waals surface area contributed by atoms with E-state index >= 15 is 0 Å². The van der Waals surface area contributed by atoms with Gasteiger partial charge in [-0.05, 0) is 42.7 Å². The number of hydrogen-bond donors (Lipinski definition) is 1. The Bertz CT molecular complexity index is 980. The van der Waals surface area contributed by atoms with Crippen LogP contribution in [-0.2, 0) is 9.59 Å². The maximum Gasteiger partial charge on any atom is 0.266 e. The molecule has 1 N–H and O–H groups in total. The lowest BCUT2D eigenvalue weighted by Gasteiger charge is -2.14. The largest absolute Gasteiger partial charge is 0.325 e. The Kier molecular flexibility index (Phi) is 8.33. The van der Waals surface area contributed by atoms with Gasteiger partial charge in [0.2, 0.25) is 5.91 Å². The molecule has 0 bridgehead atoms. The Hall–Kier alpha value is -1.86. The number of carbonyl (C=O) groups excluding carboxylic acids is 2. The van der Waals surface area contributed by atoms with Crippen LogP contribution in [-0.4, -0.2) is 27.6 Å². The summed E-state index contributed by atoms with van der Waals surface area (Å²) in [5.74, 6) is -0.153. The van der Waals surface area contributed by atoms with E-state index < -0.39 is 0 Å². The zero-order valence-corrected chi connectivity index (χ0v) is 19.2. The molecule has 30 heavy (non-hydrogen) atoms. The topological polar surface area (TPSA) is 49.4 Å². The van der Waals surface area contributed by atoms with Crippen LogP contribution in [0.3, 0.4) is 0 Å². The fraction of sp³-hybridized carbons (Fsp3) is 0.227. The van der Waals surface area contributed by atoms with E-state index in [-0.39, 0.29) is 11.8 Å². The number of thiocarbonyl (C=S) groups is 1. The van der Waals surface area contributed by atoms with Crippen molar-refractivity contribution in [3.63, 3.8) is 0 Å². The van der Waals surface area contributed by atoms with Crippen LogP contribution >= 0.6 is 47.2 Å². The van der Waals surface area contributed by atoms with Crippen LogP contribution in [0.1, 0.15) is 31.2 Å². The first kappa shape index (κ1) is 22.8. The average molecular weight is 479 g/mol. The normalized spacial score (nSPS) is 15.1. The number of unbranched alkanes of at least 4 members (excludes halogenated alkanes) is 2. The molecule has 0 atom stereocenters. The average Bonchev–Trinajstić information content (AvgIpc) is 2.98. The number of nitrogens with zero attached hydrogens (tertiary/aromatic N) is 1. The van der Waals surface area contributed by atoms with Crippen LogP contribution in [0.5, 0.6) is 0 Å². The zero-order valence-electron chi connectivity index (χ0n) is 16.1. The van der Waals surface area contributed by atoms with Crippen molar-refractivity contribution in [3.8, 4) is 0 Å². The third kappa shape index (κ3) is 6.32. The molecule has 156 valence electrons. The molecule has 0 spiro atoms. The predicted octanol–water partition coefficient (Wildman–Crippen LogP) is 6.39. The van der Waals surface area contributed by atoms with Crippen molar-refractivity contribution in [2.24, 2.45) is 0 Å². The fourth-order valence-electron chi connectivity index (χ4n) is 2.93. The van der Waals surface area contributed by atoms with Crippen LogP contribution in [0.4, 0.5) is 5.69 Å². The first-order valence-electron chi connectivity index (χ1n) is 9.49. The number of thioether (sulfide) groups is 1. The number of amides is 2. The second-order valence-corrected chi connectivity index (χ2v) is 9.25. The highest BCUT2D eigenvalue weighted by molar-refractivity contribution is 8.26.